The molecule has 0 saturated carbocycles. The van der Waals surface area contributed by atoms with Gasteiger partial charge in [0.1, 0.15) is 11.6 Å². The lowest BCUT2D eigenvalue weighted by atomic mass is 10.4. The summed E-state index contributed by atoms with van der Waals surface area (Å²) in [6.45, 7) is 5.71. The Morgan fingerprint density at radius 2 is 2.33 bits per heavy atom. The Bertz CT molecular complexity index is 591. The third-order valence-electron chi connectivity index (χ3n) is 2.82. The molecule has 0 bridgehead atoms. The Morgan fingerprint density at radius 1 is 1.56 bits per heavy atom. The number of hydrogen-bond acceptors (Lipinski definition) is 4. The fourth-order valence-electron chi connectivity index (χ4n) is 1.93. The lowest BCUT2D eigenvalue weighted by Gasteiger charge is -2.21. The molecule has 2 aromatic rings. The number of nitrogens with zero attached hydrogens (tertiary/aromatic N) is 4. The molecule has 0 aliphatic carbocycles. The van der Waals surface area contributed by atoms with Crippen molar-refractivity contribution in [1.82, 2.24) is 19.6 Å². The van der Waals surface area contributed by atoms with Crippen LogP contribution in [-0.4, -0.2) is 38.0 Å². The standard InChI is InChI=1S/C11H16BrN5O/c1-3-16(6-4-5-12)9-7-10-14-15-11(18)17(10)8(2)13-9/h7H,3-6H2,1-2H3,(H,15,18). The molecule has 18 heavy (non-hydrogen) atoms. The van der Waals surface area contributed by atoms with Gasteiger partial charge in [-0.25, -0.2) is 19.3 Å². The first-order valence-electron chi connectivity index (χ1n) is 5.93. The second kappa shape index (κ2) is 5.51. The van der Waals surface area contributed by atoms with E-state index in [9.17, 15) is 4.79 Å². The molecule has 0 fully saturated rings. The second-order valence-corrected chi connectivity index (χ2v) is 4.80. The van der Waals surface area contributed by atoms with Crippen LogP contribution in [0.3, 0.4) is 0 Å². The highest BCUT2D eigenvalue weighted by atomic mass is 79.9. The lowest BCUT2D eigenvalue weighted by Crippen LogP contribution is -2.26. The molecule has 0 aliphatic heterocycles. The van der Waals surface area contributed by atoms with Crippen molar-refractivity contribution in [3.63, 3.8) is 0 Å². The van der Waals surface area contributed by atoms with E-state index in [0.29, 0.717) is 11.5 Å². The third-order valence-corrected chi connectivity index (χ3v) is 3.38. The van der Waals surface area contributed by atoms with E-state index in [1.165, 1.54) is 4.40 Å². The molecule has 2 rings (SSSR count). The van der Waals surface area contributed by atoms with Gasteiger partial charge in [-0.15, -0.1) is 0 Å². The molecule has 0 saturated heterocycles. The van der Waals surface area contributed by atoms with Gasteiger partial charge in [0.15, 0.2) is 5.65 Å². The predicted octanol–water partition coefficient (Wildman–Crippen LogP) is 1.34. The predicted molar refractivity (Wildman–Crippen MR) is 74.6 cm³/mol. The largest absolute Gasteiger partial charge is 0.357 e. The number of anilines is 1. The SMILES string of the molecule is CCN(CCCBr)c1cc2n[nH]c(=O)n2c(C)n1. The van der Waals surface area contributed by atoms with Crippen LogP contribution in [0.5, 0.6) is 0 Å². The van der Waals surface area contributed by atoms with Crippen LogP contribution in [0.1, 0.15) is 19.2 Å². The van der Waals surface area contributed by atoms with Gasteiger partial charge in [-0.2, -0.15) is 5.10 Å². The van der Waals surface area contributed by atoms with Gasteiger partial charge in [-0.3, -0.25) is 0 Å². The minimum atomic E-state index is -0.245. The average Bonchev–Trinajstić information content (AvgIpc) is 2.72. The lowest BCUT2D eigenvalue weighted by molar-refractivity contribution is 0.776. The van der Waals surface area contributed by atoms with Gasteiger partial charge in [0.25, 0.3) is 0 Å². The van der Waals surface area contributed by atoms with E-state index in [0.717, 1.165) is 30.7 Å². The molecular formula is C11H16BrN5O. The minimum Gasteiger partial charge on any atom is -0.357 e. The highest BCUT2D eigenvalue weighted by Gasteiger charge is 2.11. The Hall–Kier alpha value is -1.37. The second-order valence-electron chi connectivity index (χ2n) is 4.01. The number of halogens is 1. The molecule has 1 N–H and O–H groups in total. The van der Waals surface area contributed by atoms with Crippen LogP contribution in [0.2, 0.25) is 0 Å². The van der Waals surface area contributed by atoms with Crippen LogP contribution in [0, 0.1) is 6.92 Å². The number of aryl methyl sites for hydroxylation is 1. The fourth-order valence-corrected chi connectivity index (χ4v) is 2.18. The molecule has 0 spiro atoms. The van der Waals surface area contributed by atoms with E-state index in [2.05, 4.69) is 42.9 Å². The number of alkyl halides is 1. The van der Waals surface area contributed by atoms with Crippen LogP contribution in [-0.2, 0) is 0 Å². The molecule has 0 atom stereocenters. The highest BCUT2D eigenvalue weighted by molar-refractivity contribution is 9.09. The van der Waals surface area contributed by atoms with Gasteiger partial charge >= 0.3 is 5.69 Å². The fraction of sp³-hybridized carbons (Fsp3) is 0.545. The van der Waals surface area contributed by atoms with Gasteiger partial charge in [0, 0.05) is 24.5 Å². The Balaban J connectivity index is 2.41. The van der Waals surface area contributed by atoms with Crippen LogP contribution in [0.4, 0.5) is 5.82 Å². The number of nitrogens with one attached hydrogen (secondary N) is 1. The van der Waals surface area contributed by atoms with Crippen LogP contribution in [0.25, 0.3) is 5.65 Å². The number of rotatable bonds is 5. The number of aromatic amines is 1. The molecule has 7 heteroatoms. The first-order valence-corrected chi connectivity index (χ1v) is 7.05. The van der Waals surface area contributed by atoms with Crippen LogP contribution in [0.15, 0.2) is 10.9 Å². The molecule has 0 aromatic carbocycles. The number of fused-ring (bicyclic) bond motifs is 1. The molecule has 2 aromatic heterocycles. The number of H-pyrrole nitrogens is 1. The van der Waals surface area contributed by atoms with Crippen molar-refractivity contribution in [2.45, 2.75) is 20.3 Å². The monoisotopic (exact) mass is 313 g/mol. The Morgan fingerprint density at radius 3 is 3.00 bits per heavy atom. The van der Waals surface area contributed by atoms with E-state index in [1.54, 1.807) is 0 Å². The van der Waals surface area contributed by atoms with Crippen molar-refractivity contribution in [3.8, 4) is 0 Å². The summed E-state index contributed by atoms with van der Waals surface area (Å²) in [4.78, 5) is 18.2. The van der Waals surface area contributed by atoms with Gasteiger partial charge in [-0.1, -0.05) is 15.9 Å². The summed E-state index contributed by atoms with van der Waals surface area (Å²) in [5.74, 6) is 1.51. The minimum absolute atomic E-state index is 0.245. The van der Waals surface area contributed by atoms with Crippen molar-refractivity contribution >= 4 is 27.4 Å². The molecule has 2 heterocycles. The maximum absolute atomic E-state index is 11.5. The summed E-state index contributed by atoms with van der Waals surface area (Å²) >= 11 is 3.43. The van der Waals surface area contributed by atoms with Crippen LogP contribution < -0.4 is 10.6 Å². The maximum atomic E-state index is 11.5. The molecule has 0 unspecified atom stereocenters. The highest BCUT2D eigenvalue weighted by Crippen LogP contribution is 2.14. The summed E-state index contributed by atoms with van der Waals surface area (Å²) in [7, 11) is 0. The van der Waals surface area contributed by atoms with E-state index in [-0.39, 0.29) is 5.69 Å². The Labute approximate surface area is 113 Å². The number of hydrogen-bond donors (Lipinski definition) is 1. The van der Waals surface area contributed by atoms with E-state index >= 15 is 0 Å². The van der Waals surface area contributed by atoms with Crippen molar-refractivity contribution in [2.75, 3.05) is 23.3 Å². The van der Waals surface area contributed by atoms with Gasteiger partial charge in [0.05, 0.1) is 0 Å². The quantitative estimate of drug-likeness (QED) is 0.846. The zero-order chi connectivity index (χ0) is 13.1. The van der Waals surface area contributed by atoms with Gasteiger partial charge in [-0.05, 0) is 20.3 Å². The maximum Gasteiger partial charge on any atom is 0.349 e. The van der Waals surface area contributed by atoms with Gasteiger partial charge < -0.3 is 4.90 Å². The molecule has 0 aliphatic rings. The van der Waals surface area contributed by atoms with E-state index in [4.69, 9.17) is 0 Å². The van der Waals surface area contributed by atoms with Crippen LogP contribution >= 0.6 is 15.9 Å². The molecule has 6 nitrogen and oxygen atoms in total. The first kappa shape index (κ1) is 13.1. The van der Waals surface area contributed by atoms with Crippen molar-refractivity contribution in [1.29, 1.82) is 0 Å². The van der Waals surface area contributed by atoms with Crippen molar-refractivity contribution in [2.24, 2.45) is 0 Å². The third kappa shape index (κ3) is 2.40. The molecule has 0 radical (unpaired) electrons. The number of aromatic nitrogens is 4. The Kier molecular flexibility index (Phi) is 4.00. The summed E-state index contributed by atoms with van der Waals surface area (Å²) in [6.07, 6.45) is 1.05. The molecule has 0 amide bonds. The molecule has 98 valence electrons. The first-order chi connectivity index (χ1) is 8.67. The molecular weight excluding hydrogens is 298 g/mol. The summed E-state index contributed by atoms with van der Waals surface area (Å²) < 4.78 is 1.47. The summed E-state index contributed by atoms with van der Waals surface area (Å²) in [6, 6.07) is 1.84. The van der Waals surface area contributed by atoms with Crippen molar-refractivity contribution in [3.05, 3.63) is 22.4 Å². The summed E-state index contributed by atoms with van der Waals surface area (Å²) in [5.41, 5.74) is 0.366. The van der Waals surface area contributed by atoms with E-state index in [1.807, 2.05) is 13.0 Å². The zero-order valence-electron chi connectivity index (χ0n) is 10.5. The summed E-state index contributed by atoms with van der Waals surface area (Å²) in [5, 5.41) is 7.39. The zero-order valence-corrected chi connectivity index (χ0v) is 12.1. The van der Waals surface area contributed by atoms with E-state index < -0.39 is 0 Å². The smallest absolute Gasteiger partial charge is 0.349 e. The van der Waals surface area contributed by atoms with Crippen molar-refractivity contribution < 1.29 is 0 Å². The normalized spacial score (nSPS) is 11.1. The average molecular weight is 314 g/mol. The topological polar surface area (TPSA) is 66.3 Å². The van der Waals surface area contributed by atoms with Gasteiger partial charge in [0.2, 0.25) is 0 Å².